The Morgan fingerprint density at radius 2 is 2.05 bits per heavy atom. The van der Waals surface area contributed by atoms with Crippen LogP contribution in [0, 0.1) is 0 Å². The second kappa shape index (κ2) is 13.4. The molecule has 0 radical (unpaired) electrons. The summed E-state index contributed by atoms with van der Waals surface area (Å²) in [5.41, 5.74) is 12.3. The average Bonchev–Trinajstić information content (AvgIpc) is 3.19. The SMILES string of the molecule is C[C@H](NP(=O)(OC[C@H]1O[C@@H](n2ccc(N)nc2=O)[C@](C)(N=[N+]=[N-])[C@@H]1O)Oc1ccc(Cl)cc1)C(=O)OC1CCCCC1. The van der Waals surface area contributed by atoms with Gasteiger partial charge in [0, 0.05) is 16.1 Å². The molecule has 2 fully saturated rings. The van der Waals surface area contributed by atoms with Gasteiger partial charge in [-0.1, -0.05) is 23.1 Å². The van der Waals surface area contributed by atoms with Crippen molar-refractivity contribution in [2.24, 2.45) is 5.11 Å². The number of hydrogen-bond acceptors (Lipinski definition) is 11. The summed E-state index contributed by atoms with van der Waals surface area (Å²) in [4.78, 5) is 31.8. The van der Waals surface area contributed by atoms with Crippen LogP contribution in [0.4, 0.5) is 5.82 Å². The van der Waals surface area contributed by atoms with Crippen LogP contribution in [0.25, 0.3) is 10.4 Å². The van der Waals surface area contributed by atoms with Crippen molar-refractivity contribution in [3.8, 4) is 5.75 Å². The second-order valence-corrected chi connectivity index (χ2v) is 12.4. The Bertz CT molecular complexity index is 1420. The van der Waals surface area contributed by atoms with E-state index in [-0.39, 0.29) is 17.7 Å². The highest BCUT2D eigenvalue weighted by molar-refractivity contribution is 7.52. The van der Waals surface area contributed by atoms with Crippen molar-refractivity contribution in [3.05, 3.63) is 62.5 Å². The van der Waals surface area contributed by atoms with Crippen LogP contribution in [0.3, 0.4) is 0 Å². The van der Waals surface area contributed by atoms with E-state index in [2.05, 4.69) is 20.1 Å². The maximum atomic E-state index is 14.0. The molecule has 0 bridgehead atoms. The summed E-state index contributed by atoms with van der Waals surface area (Å²) < 4.78 is 37.8. The van der Waals surface area contributed by atoms with E-state index in [9.17, 15) is 24.8 Å². The van der Waals surface area contributed by atoms with Crippen LogP contribution < -0.4 is 21.0 Å². The van der Waals surface area contributed by atoms with Gasteiger partial charge in [-0.05, 0) is 75.4 Å². The van der Waals surface area contributed by atoms with Crippen molar-refractivity contribution in [2.75, 3.05) is 12.3 Å². The number of benzene rings is 1. The Balaban J connectivity index is 1.54. The van der Waals surface area contributed by atoms with E-state index in [0.717, 1.165) is 36.7 Å². The number of nitrogens with zero attached hydrogens (tertiary/aromatic N) is 5. The predicted octanol–water partition coefficient (Wildman–Crippen LogP) is 3.86. The van der Waals surface area contributed by atoms with Gasteiger partial charge in [0.1, 0.15) is 35.4 Å². The minimum atomic E-state index is -4.35. The zero-order valence-corrected chi connectivity index (χ0v) is 24.7. The summed E-state index contributed by atoms with van der Waals surface area (Å²) in [7, 11) is -4.35. The van der Waals surface area contributed by atoms with E-state index in [1.165, 1.54) is 50.4 Å². The van der Waals surface area contributed by atoms with Gasteiger partial charge in [0.25, 0.3) is 0 Å². The van der Waals surface area contributed by atoms with E-state index < -0.39 is 56.0 Å². The summed E-state index contributed by atoms with van der Waals surface area (Å²) in [5.74, 6) is -0.552. The third-order valence-electron chi connectivity index (χ3n) is 7.11. The van der Waals surface area contributed by atoms with Gasteiger partial charge in [0.05, 0.1) is 12.7 Å². The average molecular weight is 626 g/mol. The van der Waals surface area contributed by atoms with Crippen LogP contribution in [0.2, 0.25) is 5.02 Å². The molecule has 42 heavy (non-hydrogen) atoms. The van der Waals surface area contributed by atoms with Gasteiger partial charge < -0.3 is 24.8 Å². The van der Waals surface area contributed by atoms with E-state index in [4.69, 9.17) is 35.9 Å². The first-order chi connectivity index (χ1) is 19.9. The fourth-order valence-corrected chi connectivity index (χ4v) is 6.45. The van der Waals surface area contributed by atoms with Crippen molar-refractivity contribution in [2.45, 2.75) is 82.1 Å². The number of esters is 1. The quantitative estimate of drug-likeness (QED) is 0.107. The first-order valence-electron chi connectivity index (χ1n) is 13.4. The molecule has 1 unspecified atom stereocenters. The number of halogens is 1. The lowest BCUT2D eigenvalue weighted by atomic mass is 9.93. The third-order valence-corrected chi connectivity index (χ3v) is 9.00. The Morgan fingerprint density at radius 1 is 1.36 bits per heavy atom. The van der Waals surface area contributed by atoms with Crippen molar-refractivity contribution in [1.29, 1.82) is 0 Å². The number of carbonyl (C=O) groups is 1. The maximum Gasteiger partial charge on any atom is 0.459 e. The highest BCUT2D eigenvalue weighted by Gasteiger charge is 2.55. The molecule has 1 aliphatic heterocycles. The minimum absolute atomic E-state index is 0.0392. The lowest BCUT2D eigenvalue weighted by Crippen LogP contribution is -2.45. The third kappa shape index (κ3) is 7.42. The molecule has 1 aromatic carbocycles. The summed E-state index contributed by atoms with van der Waals surface area (Å²) in [6, 6.07) is 6.19. The first-order valence-corrected chi connectivity index (χ1v) is 15.3. The normalized spacial score (nSPS) is 26.5. The van der Waals surface area contributed by atoms with Gasteiger partial charge in [-0.2, -0.15) is 10.1 Å². The molecule has 2 aliphatic rings. The second-order valence-electron chi connectivity index (χ2n) is 10.3. The maximum absolute atomic E-state index is 14.0. The minimum Gasteiger partial charge on any atom is -0.461 e. The summed E-state index contributed by atoms with van der Waals surface area (Å²) in [6.07, 6.45) is 1.46. The fraction of sp³-hybridized carbons (Fsp3) is 0.560. The molecule has 2 heterocycles. The van der Waals surface area contributed by atoms with E-state index in [1.807, 2.05) is 0 Å². The number of aliphatic hydroxyl groups is 1. The number of anilines is 1. The standard InChI is InChI=1S/C25H33ClN7O8P/c1-15(22(35)39-17-6-4-3-5-7-17)30-42(37,41-18-10-8-16(26)9-11-18)38-14-19-21(34)25(2,31-32-28)23(40-19)33-13-12-20(27)29-24(33)36/h8-13,15,17,19,21,23,34H,3-7,14H2,1-2H3,(H,30,37)(H2,27,29,36)/t15-,19+,21+,23+,25+,42?/m0/s1. The number of azide groups is 1. The first kappa shape index (κ1) is 31.8. The van der Waals surface area contributed by atoms with Gasteiger partial charge in [0.15, 0.2) is 6.23 Å². The molecule has 1 aliphatic carbocycles. The molecule has 17 heteroatoms. The Kier molecular flexibility index (Phi) is 10.2. The molecular formula is C25H33ClN7O8P. The number of nitrogens with two attached hydrogens (primary N) is 1. The molecule has 0 amide bonds. The highest BCUT2D eigenvalue weighted by atomic mass is 35.5. The summed E-state index contributed by atoms with van der Waals surface area (Å²) in [6.45, 7) is 2.28. The van der Waals surface area contributed by atoms with E-state index >= 15 is 0 Å². The number of nitrogen functional groups attached to an aromatic ring is 1. The fourth-order valence-electron chi connectivity index (χ4n) is 4.82. The number of hydrogen-bond donors (Lipinski definition) is 3. The van der Waals surface area contributed by atoms with Gasteiger partial charge in [-0.3, -0.25) is 13.9 Å². The molecule has 6 atom stereocenters. The number of rotatable bonds is 11. The van der Waals surface area contributed by atoms with Crippen LogP contribution >= 0.6 is 19.3 Å². The molecular weight excluding hydrogens is 593 g/mol. The zero-order chi connectivity index (χ0) is 30.5. The van der Waals surface area contributed by atoms with Crippen LogP contribution in [0.1, 0.15) is 52.2 Å². The Hall–Kier alpha value is -3.16. The monoisotopic (exact) mass is 625 g/mol. The predicted molar refractivity (Wildman–Crippen MR) is 152 cm³/mol. The molecule has 0 spiro atoms. The van der Waals surface area contributed by atoms with Crippen LogP contribution in [-0.4, -0.2) is 57.1 Å². The topological polar surface area (TPSA) is 213 Å². The van der Waals surface area contributed by atoms with Gasteiger partial charge in [-0.25, -0.2) is 9.36 Å². The molecule has 1 aromatic heterocycles. The number of aromatic nitrogens is 2. The van der Waals surface area contributed by atoms with Gasteiger partial charge >= 0.3 is 19.4 Å². The number of aliphatic hydroxyl groups excluding tert-OH is 1. The molecule has 4 rings (SSSR count). The largest absolute Gasteiger partial charge is 0.461 e. The summed E-state index contributed by atoms with van der Waals surface area (Å²) >= 11 is 5.95. The van der Waals surface area contributed by atoms with E-state index in [0.29, 0.717) is 5.02 Å². The lowest BCUT2D eigenvalue weighted by Gasteiger charge is -2.28. The zero-order valence-electron chi connectivity index (χ0n) is 23.0. The molecule has 4 N–H and O–H groups in total. The molecule has 2 aromatic rings. The number of nitrogens with one attached hydrogen (secondary N) is 1. The van der Waals surface area contributed by atoms with Crippen LogP contribution in [0.5, 0.6) is 5.75 Å². The number of carbonyl (C=O) groups excluding carboxylic acids is 1. The van der Waals surface area contributed by atoms with Crippen molar-refractivity contribution in [1.82, 2.24) is 14.6 Å². The van der Waals surface area contributed by atoms with Crippen molar-refractivity contribution >= 4 is 31.1 Å². The Morgan fingerprint density at radius 3 is 2.69 bits per heavy atom. The molecule has 15 nitrogen and oxygen atoms in total. The van der Waals surface area contributed by atoms with Crippen molar-refractivity contribution < 1.29 is 33.0 Å². The van der Waals surface area contributed by atoms with Gasteiger partial charge in [0.2, 0.25) is 0 Å². The summed E-state index contributed by atoms with van der Waals surface area (Å²) in [5, 5.41) is 17.8. The molecule has 228 valence electrons. The highest BCUT2D eigenvalue weighted by Crippen LogP contribution is 2.47. The van der Waals surface area contributed by atoms with Crippen molar-refractivity contribution in [3.63, 3.8) is 0 Å². The Labute approximate surface area is 246 Å². The lowest BCUT2D eigenvalue weighted by molar-refractivity contribution is -0.152. The van der Waals surface area contributed by atoms with Crippen LogP contribution in [0.15, 0.2) is 46.4 Å². The smallest absolute Gasteiger partial charge is 0.459 e. The molecule has 1 saturated heterocycles. The van der Waals surface area contributed by atoms with E-state index in [1.54, 1.807) is 0 Å². The number of ether oxygens (including phenoxy) is 2. The molecule has 1 saturated carbocycles. The van der Waals surface area contributed by atoms with Crippen LogP contribution in [-0.2, 0) is 23.4 Å². The van der Waals surface area contributed by atoms with Gasteiger partial charge in [-0.15, -0.1) is 0 Å².